The van der Waals surface area contributed by atoms with Crippen LogP contribution in [0, 0.1) is 13.8 Å². The average molecular weight is 314 g/mol. The molecule has 3 rings (SSSR count). The molecule has 3 aromatic carbocycles. The second-order valence-electron chi connectivity index (χ2n) is 6.83. The first-order chi connectivity index (χ1) is 11.6. The first-order valence-electron chi connectivity index (χ1n) is 8.79. The molecule has 0 heteroatoms. The Morgan fingerprint density at radius 1 is 0.542 bits per heavy atom. The molecule has 24 heavy (non-hydrogen) atoms. The molecule has 0 spiro atoms. The van der Waals surface area contributed by atoms with Crippen molar-refractivity contribution in [3.8, 4) is 0 Å². The molecule has 0 heterocycles. The van der Waals surface area contributed by atoms with Crippen LogP contribution < -0.4 is 0 Å². The van der Waals surface area contributed by atoms with E-state index in [-0.39, 0.29) is 0 Å². The van der Waals surface area contributed by atoms with E-state index in [0.29, 0.717) is 11.8 Å². The van der Waals surface area contributed by atoms with Crippen LogP contribution >= 0.6 is 0 Å². The van der Waals surface area contributed by atoms with Gasteiger partial charge in [-0.1, -0.05) is 86.6 Å². The average Bonchev–Trinajstić information content (AvgIpc) is 2.61. The third kappa shape index (κ3) is 3.28. The van der Waals surface area contributed by atoms with Gasteiger partial charge in [0.1, 0.15) is 0 Å². The molecule has 2 unspecified atom stereocenters. The first-order valence-corrected chi connectivity index (χ1v) is 8.79. The maximum atomic E-state index is 2.38. The van der Waals surface area contributed by atoms with Crippen molar-refractivity contribution in [3.05, 3.63) is 106 Å². The molecule has 0 amide bonds. The number of benzene rings is 3. The SMILES string of the molecule is Cc1cccc(C)c1C(C)c1cccc(C(C)c2ccccc2)c1. The number of hydrogen-bond acceptors (Lipinski definition) is 0. The van der Waals surface area contributed by atoms with E-state index in [1.165, 1.54) is 33.4 Å². The van der Waals surface area contributed by atoms with E-state index >= 15 is 0 Å². The number of rotatable bonds is 4. The largest absolute Gasteiger partial charge is 0.0622 e. The van der Waals surface area contributed by atoms with Gasteiger partial charge in [-0.15, -0.1) is 0 Å². The standard InChI is InChI=1S/C24H26/c1-17-10-8-11-18(2)24(17)20(4)23-15-9-14-22(16-23)19(3)21-12-6-5-7-13-21/h5-16,19-20H,1-4H3. The Hall–Kier alpha value is -2.34. The highest BCUT2D eigenvalue weighted by Crippen LogP contribution is 2.32. The van der Waals surface area contributed by atoms with Crippen LogP contribution in [0.5, 0.6) is 0 Å². The fourth-order valence-corrected chi connectivity index (χ4v) is 3.71. The van der Waals surface area contributed by atoms with Crippen LogP contribution in [0.1, 0.15) is 59.1 Å². The van der Waals surface area contributed by atoms with Crippen LogP contribution in [0.15, 0.2) is 72.8 Å². The molecule has 2 atom stereocenters. The Morgan fingerprint density at radius 3 is 1.67 bits per heavy atom. The van der Waals surface area contributed by atoms with Crippen molar-refractivity contribution >= 4 is 0 Å². The summed E-state index contributed by atoms with van der Waals surface area (Å²) in [6.07, 6.45) is 0. The van der Waals surface area contributed by atoms with Gasteiger partial charge in [0.2, 0.25) is 0 Å². The Bertz CT molecular complexity index is 794. The second-order valence-corrected chi connectivity index (χ2v) is 6.83. The lowest BCUT2D eigenvalue weighted by Crippen LogP contribution is -2.03. The second kappa shape index (κ2) is 7.05. The van der Waals surface area contributed by atoms with E-state index < -0.39 is 0 Å². The maximum absolute atomic E-state index is 2.38. The summed E-state index contributed by atoms with van der Waals surface area (Å²) >= 11 is 0. The Balaban J connectivity index is 1.96. The summed E-state index contributed by atoms with van der Waals surface area (Å²) in [5, 5.41) is 0. The summed E-state index contributed by atoms with van der Waals surface area (Å²) in [4.78, 5) is 0. The van der Waals surface area contributed by atoms with Crippen molar-refractivity contribution < 1.29 is 0 Å². The zero-order valence-corrected chi connectivity index (χ0v) is 15.1. The minimum Gasteiger partial charge on any atom is -0.0622 e. The van der Waals surface area contributed by atoms with Gasteiger partial charge in [0.25, 0.3) is 0 Å². The normalized spacial score (nSPS) is 13.5. The van der Waals surface area contributed by atoms with Crippen molar-refractivity contribution in [2.45, 2.75) is 39.5 Å². The maximum Gasteiger partial charge on any atom is 0.00663 e. The minimum atomic E-state index is 0.411. The predicted octanol–water partition coefficient (Wildman–Crippen LogP) is 6.61. The third-order valence-corrected chi connectivity index (χ3v) is 5.19. The van der Waals surface area contributed by atoms with Crippen molar-refractivity contribution in [2.24, 2.45) is 0 Å². The van der Waals surface area contributed by atoms with Crippen molar-refractivity contribution in [1.29, 1.82) is 0 Å². The van der Waals surface area contributed by atoms with Gasteiger partial charge >= 0.3 is 0 Å². The van der Waals surface area contributed by atoms with Gasteiger partial charge in [0.15, 0.2) is 0 Å². The lowest BCUT2D eigenvalue weighted by atomic mass is 9.84. The van der Waals surface area contributed by atoms with Gasteiger partial charge in [-0.2, -0.15) is 0 Å². The van der Waals surface area contributed by atoms with Gasteiger partial charge in [-0.25, -0.2) is 0 Å². The summed E-state index contributed by atoms with van der Waals surface area (Å²) in [5.74, 6) is 0.824. The van der Waals surface area contributed by atoms with E-state index in [2.05, 4.69) is 100 Å². The Labute approximate surface area is 146 Å². The summed E-state index contributed by atoms with van der Waals surface area (Å²) in [7, 11) is 0. The van der Waals surface area contributed by atoms with Gasteiger partial charge in [-0.3, -0.25) is 0 Å². The monoisotopic (exact) mass is 314 g/mol. The minimum absolute atomic E-state index is 0.411. The number of hydrogen-bond donors (Lipinski definition) is 0. The van der Waals surface area contributed by atoms with E-state index in [1.807, 2.05) is 0 Å². The van der Waals surface area contributed by atoms with Crippen molar-refractivity contribution in [3.63, 3.8) is 0 Å². The zero-order chi connectivity index (χ0) is 17.1. The molecule has 0 saturated heterocycles. The molecule has 0 fully saturated rings. The lowest BCUT2D eigenvalue weighted by Gasteiger charge is -2.20. The van der Waals surface area contributed by atoms with E-state index in [4.69, 9.17) is 0 Å². The molecular weight excluding hydrogens is 288 g/mol. The molecule has 0 aliphatic heterocycles. The molecule has 0 aromatic heterocycles. The molecule has 0 saturated carbocycles. The van der Waals surface area contributed by atoms with Gasteiger partial charge in [0.05, 0.1) is 0 Å². The highest BCUT2D eigenvalue weighted by atomic mass is 14.2. The summed E-state index contributed by atoms with van der Waals surface area (Å²) < 4.78 is 0. The molecular formula is C24H26. The predicted molar refractivity (Wildman–Crippen MR) is 104 cm³/mol. The molecule has 0 N–H and O–H groups in total. The van der Waals surface area contributed by atoms with Gasteiger partial charge < -0.3 is 0 Å². The van der Waals surface area contributed by atoms with Crippen LogP contribution in [-0.2, 0) is 0 Å². The fraction of sp³-hybridized carbons (Fsp3) is 0.250. The smallest absolute Gasteiger partial charge is 0.00663 e. The molecule has 3 aromatic rings. The van der Waals surface area contributed by atoms with Crippen LogP contribution in [0.4, 0.5) is 0 Å². The van der Waals surface area contributed by atoms with Crippen LogP contribution in [0.25, 0.3) is 0 Å². The van der Waals surface area contributed by atoms with E-state index in [0.717, 1.165) is 0 Å². The quantitative estimate of drug-likeness (QED) is 0.508. The molecule has 0 aliphatic rings. The topological polar surface area (TPSA) is 0 Å². The molecule has 0 nitrogen and oxygen atoms in total. The summed E-state index contributed by atoms with van der Waals surface area (Å²) in [6.45, 7) is 9.05. The van der Waals surface area contributed by atoms with Crippen molar-refractivity contribution in [1.82, 2.24) is 0 Å². The van der Waals surface area contributed by atoms with E-state index in [1.54, 1.807) is 0 Å². The summed E-state index contributed by atoms with van der Waals surface area (Å²) in [5.41, 5.74) is 8.37. The molecule has 0 aliphatic carbocycles. The van der Waals surface area contributed by atoms with Crippen molar-refractivity contribution in [2.75, 3.05) is 0 Å². The van der Waals surface area contributed by atoms with Crippen LogP contribution in [-0.4, -0.2) is 0 Å². The first kappa shape index (κ1) is 16.5. The highest BCUT2D eigenvalue weighted by molar-refractivity contribution is 5.44. The van der Waals surface area contributed by atoms with Crippen LogP contribution in [0.2, 0.25) is 0 Å². The fourth-order valence-electron chi connectivity index (χ4n) is 3.71. The molecule has 0 bridgehead atoms. The van der Waals surface area contributed by atoms with Gasteiger partial charge in [0, 0.05) is 11.8 Å². The highest BCUT2D eigenvalue weighted by Gasteiger charge is 2.15. The Morgan fingerprint density at radius 2 is 1.04 bits per heavy atom. The summed E-state index contributed by atoms with van der Waals surface area (Å²) in [6, 6.07) is 26.4. The zero-order valence-electron chi connectivity index (χ0n) is 15.1. The van der Waals surface area contributed by atoms with Gasteiger partial charge in [-0.05, 0) is 47.2 Å². The number of aryl methyl sites for hydroxylation is 2. The van der Waals surface area contributed by atoms with E-state index in [9.17, 15) is 0 Å². The molecule has 0 radical (unpaired) electrons. The Kier molecular flexibility index (Phi) is 4.85. The van der Waals surface area contributed by atoms with Crippen LogP contribution in [0.3, 0.4) is 0 Å². The third-order valence-electron chi connectivity index (χ3n) is 5.19. The lowest BCUT2D eigenvalue weighted by molar-refractivity contribution is 0.874. The molecule has 122 valence electrons.